The van der Waals surface area contributed by atoms with Gasteiger partial charge in [0.1, 0.15) is 4.60 Å². The van der Waals surface area contributed by atoms with Crippen molar-refractivity contribution in [2.45, 2.75) is 13.0 Å². The Kier molecular flexibility index (Phi) is 2.80. The van der Waals surface area contributed by atoms with E-state index in [1.807, 2.05) is 18.8 Å². The van der Waals surface area contributed by atoms with Gasteiger partial charge in [-0.2, -0.15) is 5.10 Å². The first-order chi connectivity index (χ1) is 7.13. The monoisotopic (exact) mass is 267 g/mol. The third-order valence-corrected chi connectivity index (χ3v) is 3.66. The minimum atomic E-state index is 0.363. The van der Waals surface area contributed by atoms with Gasteiger partial charge in [0.2, 0.25) is 0 Å². The third kappa shape index (κ3) is 1.79. The molecule has 0 amide bonds. The van der Waals surface area contributed by atoms with Crippen molar-refractivity contribution in [1.82, 2.24) is 15.1 Å². The lowest BCUT2D eigenvalue weighted by molar-refractivity contribution is 0.653. The van der Waals surface area contributed by atoms with E-state index in [2.05, 4.69) is 51.5 Å². The van der Waals surface area contributed by atoms with Gasteiger partial charge in [0.15, 0.2) is 0 Å². The van der Waals surface area contributed by atoms with Gasteiger partial charge in [-0.25, -0.2) is 0 Å². The van der Waals surface area contributed by atoms with Crippen LogP contribution in [0.3, 0.4) is 0 Å². The van der Waals surface area contributed by atoms with Crippen LogP contribution in [-0.2, 0) is 7.05 Å². The average Bonchev–Trinajstić information content (AvgIpc) is 2.54. The summed E-state index contributed by atoms with van der Waals surface area (Å²) in [5.74, 6) is 0. The van der Waals surface area contributed by atoms with Crippen molar-refractivity contribution in [2.24, 2.45) is 7.05 Å². The van der Waals surface area contributed by atoms with Gasteiger partial charge < -0.3 is 5.32 Å². The summed E-state index contributed by atoms with van der Waals surface area (Å²) in [6.45, 7) is 2.14. The standard InChI is InChI=1S/C11H14BrN3/c1-7(13-2)8-4-5-10-9(6-8)11(12)15(3)14-10/h4-7,13H,1-3H3. The summed E-state index contributed by atoms with van der Waals surface area (Å²) in [6, 6.07) is 6.71. The molecule has 0 aliphatic carbocycles. The molecule has 1 aromatic carbocycles. The number of hydrogen-bond acceptors (Lipinski definition) is 2. The Morgan fingerprint density at radius 1 is 1.47 bits per heavy atom. The van der Waals surface area contributed by atoms with Crippen LogP contribution in [0, 0.1) is 0 Å². The molecule has 0 saturated carbocycles. The number of aryl methyl sites for hydroxylation is 1. The molecule has 0 aliphatic heterocycles. The summed E-state index contributed by atoms with van der Waals surface area (Å²) >= 11 is 3.54. The summed E-state index contributed by atoms with van der Waals surface area (Å²) in [6.07, 6.45) is 0. The van der Waals surface area contributed by atoms with Gasteiger partial charge in [-0.1, -0.05) is 6.07 Å². The highest BCUT2D eigenvalue weighted by atomic mass is 79.9. The molecule has 0 fully saturated rings. The van der Waals surface area contributed by atoms with E-state index in [0.29, 0.717) is 6.04 Å². The molecule has 80 valence electrons. The van der Waals surface area contributed by atoms with Gasteiger partial charge in [0.05, 0.1) is 5.52 Å². The number of rotatable bonds is 2. The molecule has 0 aliphatic rings. The van der Waals surface area contributed by atoms with Gasteiger partial charge in [-0.3, -0.25) is 4.68 Å². The lowest BCUT2D eigenvalue weighted by atomic mass is 10.1. The zero-order chi connectivity index (χ0) is 11.0. The molecule has 0 radical (unpaired) electrons. The highest BCUT2D eigenvalue weighted by Crippen LogP contribution is 2.26. The predicted molar refractivity (Wildman–Crippen MR) is 65.9 cm³/mol. The van der Waals surface area contributed by atoms with Gasteiger partial charge in [-0.05, 0) is 47.6 Å². The topological polar surface area (TPSA) is 29.9 Å². The second-order valence-electron chi connectivity index (χ2n) is 3.70. The van der Waals surface area contributed by atoms with E-state index in [9.17, 15) is 0 Å². The molecule has 1 N–H and O–H groups in total. The Morgan fingerprint density at radius 2 is 2.20 bits per heavy atom. The number of benzene rings is 1. The Hall–Kier alpha value is -0.870. The predicted octanol–water partition coefficient (Wildman–Crippen LogP) is 2.62. The van der Waals surface area contributed by atoms with Crippen LogP contribution in [0.5, 0.6) is 0 Å². The molecular formula is C11H14BrN3. The van der Waals surface area contributed by atoms with E-state index in [-0.39, 0.29) is 0 Å². The van der Waals surface area contributed by atoms with E-state index < -0.39 is 0 Å². The maximum Gasteiger partial charge on any atom is 0.111 e. The van der Waals surface area contributed by atoms with E-state index in [0.717, 1.165) is 15.5 Å². The van der Waals surface area contributed by atoms with Crippen LogP contribution in [0.15, 0.2) is 22.8 Å². The van der Waals surface area contributed by atoms with Crippen LogP contribution in [-0.4, -0.2) is 16.8 Å². The van der Waals surface area contributed by atoms with Crippen molar-refractivity contribution >= 4 is 26.8 Å². The fraction of sp³-hybridized carbons (Fsp3) is 0.364. The zero-order valence-electron chi connectivity index (χ0n) is 9.08. The van der Waals surface area contributed by atoms with Crippen LogP contribution in [0.25, 0.3) is 10.9 Å². The zero-order valence-corrected chi connectivity index (χ0v) is 10.7. The normalized spacial score (nSPS) is 13.3. The first-order valence-electron chi connectivity index (χ1n) is 4.93. The molecule has 0 saturated heterocycles. The molecule has 15 heavy (non-hydrogen) atoms. The lowest BCUT2D eigenvalue weighted by Crippen LogP contribution is -2.11. The molecule has 2 aromatic rings. The highest BCUT2D eigenvalue weighted by molar-refractivity contribution is 9.10. The second-order valence-corrected chi connectivity index (χ2v) is 4.45. The average molecular weight is 268 g/mol. The van der Waals surface area contributed by atoms with Crippen molar-refractivity contribution in [3.05, 3.63) is 28.4 Å². The third-order valence-electron chi connectivity index (χ3n) is 2.72. The summed E-state index contributed by atoms with van der Waals surface area (Å²) < 4.78 is 2.88. The minimum absolute atomic E-state index is 0.363. The fourth-order valence-electron chi connectivity index (χ4n) is 1.62. The SMILES string of the molecule is CNC(C)c1ccc2nn(C)c(Br)c2c1. The maximum atomic E-state index is 4.39. The largest absolute Gasteiger partial charge is 0.313 e. The van der Waals surface area contributed by atoms with E-state index in [1.165, 1.54) is 5.56 Å². The Balaban J connectivity index is 2.59. The van der Waals surface area contributed by atoms with Gasteiger partial charge in [0.25, 0.3) is 0 Å². The molecule has 0 bridgehead atoms. The molecule has 0 spiro atoms. The number of hydrogen-bond donors (Lipinski definition) is 1. The van der Waals surface area contributed by atoms with Crippen LogP contribution < -0.4 is 5.32 Å². The number of fused-ring (bicyclic) bond motifs is 1. The van der Waals surface area contributed by atoms with E-state index in [1.54, 1.807) is 0 Å². The molecule has 1 unspecified atom stereocenters. The number of halogens is 1. The van der Waals surface area contributed by atoms with Crippen LogP contribution in [0.2, 0.25) is 0 Å². The maximum absolute atomic E-state index is 4.39. The Bertz CT molecular complexity index is 490. The lowest BCUT2D eigenvalue weighted by Gasteiger charge is -2.09. The first-order valence-corrected chi connectivity index (χ1v) is 5.72. The minimum Gasteiger partial charge on any atom is -0.313 e. The van der Waals surface area contributed by atoms with Crippen molar-refractivity contribution in [1.29, 1.82) is 0 Å². The molecule has 3 nitrogen and oxygen atoms in total. The summed E-state index contributed by atoms with van der Waals surface area (Å²) in [5, 5.41) is 8.78. The highest BCUT2D eigenvalue weighted by Gasteiger charge is 2.09. The summed E-state index contributed by atoms with van der Waals surface area (Å²) in [5.41, 5.74) is 2.30. The molecule has 1 heterocycles. The number of nitrogens with one attached hydrogen (secondary N) is 1. The van der Waals surface area contributed by atoms with E-state index in [4.69, 9.17) is 0 Å². The smallest absolute Gasteiger partial charge is 0.111 e. The number of aromatic nitrogens is 2. The quantitative estimate of drug-likeness (QED) is 0.907. The molecule has 2 rings (SSSR count). The van der Waals surface area contributed by atoms with Crippen molar-refractivity contribution in [3.63, 3.8) is 0 Å². The molecule has 1 aromatic heterocycles. The van der Waals surface area contributed by atoms with Crippen molar-refractivity contribution < 1.29 is 0 Å². The van der Waals surface area contributed by atoms with Crippen molar-refractivity contribution in [2.75, 3.05) is 7.05 Å². The first kappa shape index (κ1) is 10.6. The van der Waals surface area contributed by atoms with Crippen molar-refractivity contribution in [3.8, 4) is 0 Å². The molecule has 1 atom stereocenters. The summed E-state index contributed by atoms with van der Waals surface area (Å²) in [7, 11) is 3.90. The molecular weight excluding hydrogens is 254 g/mol. The molecule has 4 heteroatoms. The van der Waals surface area contributed by atoms with E-state index >= 15 is 0 Å². The number of nitrogens with zero attached hydrogens (tertiary/aromatic N) is 2. The van der Waals surface area contributed by atoms with Crippen LogP contribution >= 0.6 is 15.9 Å². The van der Waals surface area contributed by atoms with Gasteiger partial charge >= 0.3 is 0 Å². The fourth-order valence-corrected chi connectivity index (χ4v) is 2.02. The Labute approximate surface area is 97.6 Å². The van der Waals surface area contributed by atoms with Crippen LogP contribution in [0.4, 0.5) is 0 Å². The van der Waals surface area contributed by atoms with Gasteiger partial charge in [0, 0.05) is 18.5 Å². The second kappa shape index (κ2) is 3.94. The van der Waals surface area contributed by atoms with Crippen LogP contribution in [0.1, 0.15) is 18.5 Å². The summed E-state index contributed by atoms with van der Waals surface area (Å²) in [4.78, 5) is 0. The Morgan fingerprint density at radius 3 is 2.87 bits per heavy atom. The van der Waals surface area contributed by atoms with Gasteiger partial charge in [-0.15, -0.1) is 0 Å².